The summed E-state index contributed by atoms with van der Waals surface area (Å²) in [4.78, 5) is 12.1. The highest BCUT2D eigenvalue weighted by atomic mass is 32.2. The molecule has 0 amide bonds. The second-order valence-corrected chi connectivity index (χ2v) is 8.05. The summed E-state index contributed by atoms with van der Waals surface area (Å²) in [5.74, 6) is -0.0532. The number of nitrogens with one attached hydrogen (secondary N) is 1. The summed E-state index contributed by atoms with van der Waals surface area (Å²) >= 11 is 0. The zero-order valence-electron chi connectivity index (χ0n) is 11.5. The fraction of sp³-hybridized carbons (Fsp3) is 0.923. The first-order chi connectivity index (χ1) is 9.00. The highest BCUT2D eigenvalue weighted by molar-refractivity contribution is 7.92. The molecule has 0 aromatic rings. The zero-order valence-corrected chi connectivity index (χ0v) is 12.3. The molecule has 6 heteroatoms. The maximum atomic E-state index is 12.1. The largest absolute Gasteiger partial charge is 0.468 e. The monoisotopic (exact) mass is 289 g/mol. The predicted molar refractivity (Wildman–Crippen MR) is 72.6 cm³/mol. The Hall–Kier alpha value is -0.620. The molecule has 0 aliphatic carbocycles. The van der Waals surface area contributed by atoms with E-state index in [2.05, 4.69) is 5.32 Å². The van der Waals surface area contributed by atoms with Crippen LogP contribution in [0.5, 0.6) is 0 Å². The molecule has 5 nitrogen and oxygen atoms in total. The third-order valence-corrected chi connectivity index (χ3v) is 6.63. The Kier molecular flexibility index (Phi) is 4.50. The van der Waals surface area contributed by atoms with Gasteiger partial charge in [0.25, 0.3) is 0 Å². The van der Waals surface area contributed by atoms with Gasteiger partial charge in [-0.25, -0.2) is 8.42 Å². The molecule has 0 saturated carbocycles. The molecule has 2 unspecified atom stereocenters. The van der Waals surface area contributed by atoms with Crippen LogP contribution in [0.3, 0.4) is 0 Å². The third-order valence-electron chi connectivity index (χ3n) is 4.36. The lowest BCUT2D eigenvalue weighted by molar-refractivity contribution is -0.150. The number of ether oxygens (including phenoxy) is 1. The molecule has 0 aromatic heterocycles. The molecule has 0 bridgehead atoms. The standard InChI is InChI=1S/C13H23NO4S/c1-18-12(15)13(7-3-4-8-14-13)10-11-6-2-5-9-19(11,16)17/h11,14H,2-10H2,1H3. The van der Waals surface area contributed by atoms with Crippen LogP contribution in [0.25, 0.3) is 0 Å². The van der Waals surface area contributed by atoms with E-state index in [-0.39, 0.29) is 11.7 Å². The van der Waals surface area contributed by atoms with Gasteiger partial charge in [0.2, 0.25) is 0 Å². The number of sulfone groups is 1. The van der Waals surface area contributed by atoms with Gasteiger partial charge >= 0.3 is 5.97 Å². The smallest absolute Gasteiger partial charge is 0.326 e. The van der Waals surface area contributed by atoms with E-state index in [4.69, 9.17) is 4.74 Å². The van der Waals surface area contributed by atoms with Crippen molar-refractivity contribution >= 4 is 15.8 Å². The van der Waals surface area contributed by atoms with E-state index in [1.165, 1.54) is 7.11 Å². The molecule has 2 saturated heterocycles. The molecule has 1 N–H and O–H groups in total. The van der Waals surface area contributed by atoms with Crippen LogP contribution < -0.4 is 5.32 Å². The van der Waals surface area contributed by atoms with Gasteiger partial charge in [-0.05, 0) is 45.1 Å². The van der Waals surface area contributed by atoms with Gasteiger partial charge in [-0.1, -0.05) is 6.42 Å². The lowest BCUT2D eigenvalue weighted by Crippen LogP contribution is -2.57. The molecular formula is C13H23NO4S. The minimum atomic E-state index is -3.05. The van der Waals surface area contributed by atoms with E-state index in [9.17, 15) is 13.2 Å². The van der Waals surface area contributed by atoms with Crippen molar-refractivity contribution in [2.45, 2.75) is 55.7 Å². The summed E-state index contributed by atoms with van der Waals surface area (Å²) in [7, 11) is -1.68. The van der Waals surface area contributed by atoms with Crippen molar-refractivity contribution in [3.8, 4) is 0 Å². The molecule has 19 heavy (non-hydrogen) atoms. The number of piperidine rings is 1. The van der Waals surface area contributed by atoms with Crippen LogP contribution in [0.15, 0.2) is 0 Å². The minimum absolute atomic E-state index is 0.259. The molecule has 2 atom stereocenters. The van der Waals surface area contributed by atoms with Crippen LogP contribution >= 0.6 is 0 Å². The molecule has 2 aliphatic rings. The number of esters is 1. The predicted octanol–water partition coefficient (Wildman–Crippen LogP) is 1.03. The molecule has 0 radical (unpaired) electrons. The molecule has 2 fully saturated rings. The van der Waals surface area contributed by atoms with E-state index < -0.39 is 20.6 Å². The van der Waals surface area contributed by atoms with Crippen molar-refractivity contribution in [2.75, 3.05) is 19.4 Å². The Morgan fingerprint density at radius 2 is 2.11 bits per heavy atom. The van der Waals surface area contributed by atoms with Crippen LogP contribution in [0.2, 0.25) is 0 Å². The number of hydrogen-bond acceptors (Lipinski definition) is 5. The van der Waals surface area contributed by atoms with Crippen LogP contribution in [0.1, 0.15) is 44.9 Å². The Morgan fingerprint density at radius 1 is 1.32 bits per heavy atom. The second kappa shape index (κ2) is 5.79. The molecule has 2 aliphatic heterocycles. The number of carbonyl (C=O) groups excluding carboxylic acids is 1. The third kappa shape index (κ3) is 3.11. The minimum Gasteiger partial charge on any atom is -0.468 e. The van der Waals surface area contributed by atoms with Gasteiger partial charge in [-0.3, -0.25) is 4.79 Å². The average Bonchev–Trinajstić information content (AvgIpc) is 2.41. The van der Waals surface area contributed by atoms with Crippen molar-refractivity contribution in [2.24, 2.45) is 0 Å². The first-order valence-corrected chi connectivity index (χ1v) is 8.77. The first kappa shape index (κ1) is 14.8. The summed E-state index contributed by atoms with van der Waals surface area (Å²) < 4.78 is 29.2. The van der Waals surface area contributed by atoms with Crippen LogP contribution in [0.4, 0.5) is 0 Å². The summed E-state index contributed by atoms with van der Waals surface area (Å²) in [5, 5.41) is 2.83. The highest BCUT2D eigenvalue weighted by Gasteiger charge is 2.45. The van der Waals surface area contributed by atoms with E-state index in [0.29, 0.717) is 19.3 Å². The molecule has 2 rings (SSSR count). The van der Waals surface area contributed by atoms with Gasteiger partial charge in [-0.2, -0.15) is 0 Å². The van der Waals surface area contributed by atoms with E-state index in [1.54, 1.807) is 0 Å². The average molecular weight is 289 g/mol. The van der Waals surface area contributed by atoms with Crippen molar-refractivity contribution in [3.05, 3.63) is 0 Å². The molecular weight excluding hydrogens is 266 g/mol. The zero-order chi connectivity index (χ0) is 13.9. The maximum absolute atomic E-state index is 12.1. The Morgan fingerprint density at radius 3 is 2.68 bits per heavy atom. The van der Waals surface area contributed by atoms with Gasteiger partial charge < -0.3 is 10.1 Å². The molecule has 0 aromatic carbocycles. The van der Waals surface area contributed by atoms with E-state index >= 15 is 0 Å². The summed E-state index contributed by atoms with van der Waals surface area (Å²) in [5.41, 5.74) is -0.790. The lowest BCUT2D eigenvalue weighted by Gasteiger charge is -2.38. The number of methoxy groups -OCH3 is 1. The summed E-state index contributed by atoms with van der Waals surface area (Å²) in [6, 6.07) is 0. The quantitative estimate of drug-likeness (QED) is 0.786. The van der Waals surface area contributed by atoms with Crippen molar-refractivity contribution in [1.82, 2.24) is 5.32 Å². The maximum Gasteiger partial charge on any atom is 0.326 e. The summed E-state index contributed by atoms with van der Waals surface area (Å²) in [6.07, 6.45) is 5.35. The topological polar surface area (TPSA) is 72.5 Å². The van der Waals surface area contributed by atoms with Crippen LogP contribution in [-0.4, -0.2) is 44.6 Å². The SMILES string of the molecule is COC(=O)C1(CC2CCCCS2(=O)=O)CCCCN1. The molecule has 110 valence electrons. The highest BCUT2D eigenvalue weighted by Crippen LogP contribution is 2.32. The summed E-state index contributed by atoms with van der Waals surface area (Å²) in [6.45, 7) is 0.752. The van der Waals surface area contributed by atoms with Crippen molar-refractivity contribution in [1.29, 1.82) is 0 Å². The van der Waals surface area contributed by atoms with Gasteiger partial charge in [0.1, 0.15) is 5.54 Å². The van der Waals surface area contributed by atoms with Gasteiger partial charge in [0.05, 0.1) is 18.1 Å². The molecule has 0 spiro atoms. The van der Waals surface area contributed by atoms with Gasteiger partial charge in [-0.15, -0.1) is 0 Å². The number of carbonyl (C=O) groups is 1. The van der Waals surface area contributed by atoms with Gasteiger partial charge in [0, 0.05) is 0 Å². The fourth-order valence-electron chi connectivity index (χ4n) is 3.23. The Labute approximate surface area is 115 Å². The number of rotatable bonds is 3. The normalized spacial score (nSPS) is 34.7. The molecule has 2 heterocycles. The Balaban J connectivity index is 2.18. The number of hydrogen-bond donors (Lipinski definition) is 1. The second-order valence-electron chi connectivity index (χ2n) is 5.65. The van der Waals surface area contributed by atoms with Crippen molar-refractivity contribution in [3.63, 3.8) is 0 Å². The van der Waals surface area contributed by atoms with Crippen LogP contribution in [0, 0.1) is 0 Å². The first-order valence-electron chi connectivity index (χ1n) is 7.05. The van der Waals surface area contributed by atoms with Crippen molar-refractivity contribution < 1.29 is 17.9 Å². The van der Waals surface area contributed by atoms with E-state index in [0.717, 1.165) is 32.2 Å². The Bertz CT molecular complexity index is 426. The fourth-order valence-corrected chi connectivity index (χ4v) is 5.24. The van der Waals surface area contributed by atoms with E-state index in [1.807, 2.05) is 0 Å². The van der Waals surface area contributed by atoms with Crippen LogP contribution in [-0.2, 0) is 19.4 Å². The lowest BCUT2D eigenvalue weighted by atomic mass is 9.83. The van der Waals surface area contributed by atoms with Gasteiger partial charge in [0.15, 0.2) is 9.84 Å².